The van der Waals surface area contributed by atoms with Crippen LogP contribution in [0.15, 0.2) is 12.2 Å². The van der Waals surface area contributed by atoms with Crippen LogP contribution in [0.1, 0.15) is 13.3 Å². The summed E-state index contributed by atoms with van der Waals surface area (Å²) in [7, 11) is 0. The van der Waals surface area contributed by atoms with Crippen LogP contribution in [0.25, 0.3) is 0 Å². The molecule has 0 radical (unpaired) electrons. The summed E-state index contributed by atoms with van der Waals surface area (Å²) in [6.07, 6.45) is 0.910. The lowest BCUT2D eigenvalue weighted by atomic mass is 10.1. The highest BCUT2D eigenvalue weighted by Crippen LogP contribution is 2.41. The number of aliphatic carboxylic acids is 1. The fourth-order valence-electron chi connectivity index (χ4n) is 0.926. The highest BCUT2D eigenvalue weighted by molar-refractivity contribution is 5.71. The van der Waals surface area contributed by atoms with Gasteiger partial charge in [-0.3, -0.25) is 4.79 Å². The molecule has 0 aliphatic heterocycles. The maximum absolute atomic E-state index is 10.3. The Kier molecular flexibility index (Phi) is 1.31. The minimum Gasteiger partial charge on any atom is -0.481 e. The van der Waals surface area contributed by atoms with Gasteiger partial charge in [-0.25, -0.2) is 0 Å². The van der Waals surface area contributed by atoms with Crippen molar-refractivity contribution >= 4 is 5.97 Å². The lowest BCUT2D eigenvalue weighted by Crippen LogP contribution is -2.10. The zero-order valence-electron chi connectivity index (χ0n) is 5.42. The summed E-state index contributed by atoms with van der Waals surface area (Å²) in [5, 5.41) is 8.47. The number of hydrogen-bond acceptors (Lipinski definition) is 1. The van der Waals surface area contributed by atoms with Crippen LogP contribution in [0.3, 0.4) is 0 Å². The van der Waals surface area contributed by atoms with Gasteiger partial charge in [-0.2, -0.15) is 0 Å². The molecule has 0 bridgehead atoms. The van der Waals surface area contributed by atoms with Gasteiger partial charge in [0.1, 0.15) is 0 Å². The van der Waals surface area contributed by atoms with E-state index >= 15 is 0 Å². The maximum atomic E-state index is 10.3. The average molecular weight is 126 g/mol. The van der Waals surface area contributed by atoms with Crippen molar-refractivity contribution in [2.45, 2.75) is 13.3 Å². The third-order valence-electron chi connectivity index (χ3n) is 1.84. The van der Waals surface area contributed by atoms with Crippen molar-refractivity contribution in [3.05, 3.63) is 12.2 Å². The number of carboxylic acids is 1. The predicted octanol–water partition coefficient (Wildman–Crippen LogP) is 1.28. The van der Waals surface area contributed by atoms with Crippen LogP contribution in [-0.4, -0.2) is 11.1 Å². The molecule has 1 fully saturated rings. The van der Waals surface area contributed by atoms with Gasteiger partial charge in [0.2, 0.25) is 0 Å². The smallest absolute Gasteiger partial charge is 0.306 e. The van der Waals surface area contributed by atoms with Gasteiger partial charge in [-0.05, 0) is 12.3 Å². The minimum absolute atomic E-state index is 0.225. The molecule has 1 aliphatic carbocycles. The lowest BCUT2D eigenvalue weighted by molar-refractivity contribution is -0.141. The standard InChI is InChI=1S/C7H10O2/c1-4-3-6(4)5(2)7(8)9/h5-6H,1,3H2,2H3,(H,8,9). The second-order valence-electron chi connectivity index (χ2n) is 2.60. The van der Waals surface area contributed by atoms with E-state index in [0.29, 0.717) is 0 Å². The first-order valence-corrected chi connectivity index (χ1v) is 3.03. The highest BCUT2D eigenvalue weighted by atomic mass is 16.4. The molecule has 0 saturated heterocycles. The van der Waals surface area contributed by atoms with E-state index in [1.165, 1.54) is 0 Å². The van der Waals surface area contributed by atoms with Crippen LogP contribution in [0.4, 0.5) is 0 Å². The summed E-state index contributed by atoms with van der Waals surface area (Å²) in [6.45, 7) is 5.42. The maximum Gasteiger partial charge on any atom is 0.306 e. The van der Waals surface area contributed by atoms with E-state index in [1.807, 2.05) is 0 Å². The SMILES string of the molecule is C=C1CC1C(C)C(=O)O. The van der Waals surface area contributed by atoms with Crippen molar-refractivity contribution in [1.82, 2.24) is 0 Å². The van der Waals surface area contributed by atoms with Gasteiger partial charge in [0, 0.05) is 0 Å². The molecular formula is C7H10O2. The van der Waals surface area contributed by atoms with Crippen molar-refractivity contribution < 1.29 is 9.90 Å². The molecule has 2 unspecified atom stereocenters. The van der Waals surface area contributed by atoms with E-state index in [4.69, 9.17) is 5.11 Å². The van der Waals surface area contributed by atoms with E-state index in [0.717, 1.165) is 12.0 Å². The largest absolute Gasteiger partial charge is 0.481 e. The summed E-state index contributed by atoms with van der Waals surface area (Å²) < 4.78 is 0. The zero-order chi connectivity index (χ0) is 7.02. The molecule has 0 aromatic rings. The fourth-order valence-corrected chi connectivity index (χ4v) is 0.926. The number of carbonyl (C=O) groups is 1. The molecule has 0 heterocycles. The molecule has 2 atom stereocenters. The number of rotatable bonds is 2. The van der Waals surface area contributed by atoms with E-state index < -0.39 is 5.97 Å². The molecule has 2 heteroatoms. The Hall–Kier alpha value is -0.790. The average Bonchev–Trinajstić information content (AvgIpc) is 2.44. The summed E-state index contributed by atoms with van der Waals surface area (Å²) >= 11 is 0. The number of allylic oxidation sites excluding steroid dienone is 1. The zero-order valence-corrected chi connectivity index (χ0v) is 5.42. The molecule has 1 rings (SSSR count). The first-order chi connectivity index (χ1) is 4.13. The first kappa shape index (κ1) is 6.33. The van der Waals surface area contributed by atoms with E-state index in [9.17, 15) is 4.79 Å². The topological polar surface area (TPSA) is 37.3 Å². The normalized spacial score (nSPS) is 27.7. The van der Waals surface area contributed by atoms with Crippen molar-refractivity contribution in [2.75, 3.05) is 0 Å². The molecule has 0 aromatic heterocycles. The molecule has 2 nitrogen and oxygen atoms in total. The Balaban J connectivity index is 2.45. The van der Waals surface area contributed by atoms with Gasteiger partial charge in [-0.15, -0.1) is 0 Å². The molecule has 1 N–H and O–H groups in total. The molecular weight excluding hydrogens is 116 g/mol. The Morgan fingerprint density at radius 1 is 2.00 bits per heavy atom. The Morgan fingerprint density at radius 3 is 2.56 bits per heavy atom. The van der Waals surface area contributed by atoms with Crippen molar-refractivity contribution in [3.8, 4) is 0 Å². The van der Waals surface area contributed by atoms with Crippen molar-refractivity contribution in [1.29, 1.82) is 0 Å². The molecule has 1 saturated carbocycles. The predicted molar refractivity (Wildman–Crippen MR) is 34.0 cm³/mol. The summed E-state index contributed by atoms with van der Waals surface area (Å²) in [5.41, 5.74) is 1.09. The first-order valence-electron chi connectivity index (χ1n) is 3.03. The second-order valence-corrected chi connectivity index (χ2v) is 2.60. The van der Waals surface area contributed by atoms with Crippen molar-refractivity contribution in [2.24, 2.45) is 11.8 Å². The second kappa shape index (κ2) is 1.87. The lowest BCUT2D eigenvalue weighted by Gasteiger charge is -1.99. The van der Waals surface area contributed by atoms with Crippen LogP contribution in [-0.2, 0) is 4.79 Å². The van der Waals surface area contributed by atoms with Gasteiger partial charge in [0.05, 0.1) is 5.92 Å². The molecule has 1 aliphatic rings. The van der Waals surface area contributed by atoms with Gasteiger partial charge in [-0.1, -0.05) is 19.1 Å². The van der Waals surface area contributed by atoms with Crippen LogP contribution in [0.2, 0.25) is 0 Å². The minimum atomic E-state index is -0.710. The van der Waals surface area contributed by atoms with Gasteiger partial charge in [0.15, 0.2) is 0 Å². The number of carboxylic acid groups (broad SMARTS) is 1. The van der Waals surface area contributed by atoms with Crippen LogP contribution >= 0.6 is 0 Å². The molecule has 0 amide bonds. The Bertz CT molecular complexity index is 160. The van der Waals surface area contributed by atoms with E-state index in [1.54, 1.807) is 6.92 Å². The molecule has 0 spiro atoms. The van der Waals surface area contributed by atoms with Gasteiger partial charge < -0.3 is 5.11 Å². The van der Waals surface area contributed by atoms with Crippen LogP contribution in [0, 0.1) is 11.8 Å². The Morgan fingerprint density at radius 2 is 2.44 bits per heavy atom. The molecule has 50 valence electrons. The third-order valence-corrected chi connectivity index (χ3v) is 1.84. The van der Waals surface area contributed by atoms with Gasteiger partial charge in [0.25, 0.3) is 0 Å². The molecule has 0 aromatic carbocycles. The third kappa shape index (κ3) is 1.12. The van der Waals surface area contributed by atoms with Crippen LogP contribution in [0.5, 0.6) is 0 Å². The molecule has 9 heavy (non-hydrogen) atoms. The Labute approximate surface area is 54.2 Å². The summed E-state index contributed by atoms with van der Waals surface area (Å²) in [6, 6.07) is 0. The summed E-state index contributed by atoms with van der Waals surface area (Å²) in [4.78, 5) is 10.3. The van der Waals surface area contributed by atoms with Crippen LogP contribution < -0.4 is 0 Å². The number of hydrogen-bond donors (Lipinski definition) is 1. The fraction of sp³-hybridized carbons (Fsp3) is 0.571. The van der Waals surface area contributed by atoms with E-state index in [2.05, 4.69) is 6.58 Å². The highest BCUT2D eigenvalue weighted by Gasteiger charge is 2.36. The van der Waals surface area contributed by atoms with Crippen molar-refractivity contribution in [3.63, 3.8) is 0 Å². The quantitative estimate of drug-likeness (QED) is 0.566. The van der Waals surface area contributed by atoms with E-state index in [-0.39, 0.29) is 11.8 Å². The summed E-state index contributed by atoms with van der Waals surface area (Å²) in [5.74, 6) is -0.668. The van der Waals surface area contributed by atoms with Gasteiger partial charge >= 0.3 is 5.97 Å². The monoisotopic (exact) mass is 126 g/mol.